The molecule has 0 atom stereocenters. The number of carbonyl (C=O) groups is 1. The van der Waals surface area contributed by atoms with Crippen molar-refractivity contribution in [2.24, 2.45) is 0 Å². The van der Waals surface area contributed by atoms with E-state index in [9.17, 15) is 14.9 Å². The normalized spacial score (nSPS) is 10.7. The number of aromatic nitrogens is 2. The van der Waals surface area contributed by atoms with Gasteiger partial charge in [-0.15, -0.1) is 0 Å². The van der Waals surface area contributed by atoms with Gasteiger partial charge in [-0.2, -0.15) is 0 Å². The summed E-state index contributed by atoms with van der Waals surface area (Å²) < 4.78 is 12.1. The number of nitro groups is 1. The van der Waals surface area contributed by atoms with Gasteiger partial charge in [-0.3, -0.25) is 14.9 Å². The number of amides is 1. The number of nitrogens with zero attached hydrogens (tertiary/aromatic N) is 3. The maximum absolute atomic E-state index is 12.7. The molecule has 9 heteroatoms. The number of nitro benzene ring substituents is 1. The first kappa shape index (κ1) is 20.9. The van der Waals surface area contributed by atoms with Crippen molar-refractivity contribution in [1.29, 1.82) is 0 Å². The van der Waals surface area contributed by atoms with E-state index in [1.54, 1.807) is 25.4 Å². The lowest BCUT2D eigenvalue weighted by Crippen LogP contribution is -2.13. The molecule has 0 aliphatic rings. The van der Waals surface area contributed by atoms with Crippen LogP contribution in [0.4, 0.5) is 11.4 Å². The molecule has 1 N–H and O–H groups in total. The molecule has 4 aromatic rings. The van der Waals surface area contributed by atoms with Gasteiger partial charge < -0.3 is 19.2 Å². The highest BCUT2D eigenvalue weighted by Crippen LogP contribution is 2.29. The summed E-state index contributed by atoms with van der Waals surface area (Å²) in [6.07, 6.45) is 1.76. The first-order valence-electron chi connectivity index (χ1n) is 9.68. The van der Waals surface area contributed by atoms with Crippen LogP contribution in [-0.2, 0) is 0 Å². The third kappa shape index (κ3) is 3.83. The summed E-state index contributed by atoms with van der Waals surface area (Å²) in [5.41, 5.74) is 3.81. The molecule has 2 aromatic heterocycles. The quantitative estimate of drug-likeness (QED) is 0.355. The summed E-state index contributed by atoms with van der Waals surface area (Å²) >= 11 is 0. The van der Waals surface area contributed by atoms with Crippen molar-refractivity contribution in [3.63, 3.8) is 0 Å². The summed E-state index contributed by atoms with van der Waals surface area (Å²) in [6.45, 7) is 1.94. The van der Waals surface area contributed by atoms with Gasteiger partial charge in [0, 0.05) is 29.1 Å². The van der Waals surface area contributed by atoms with E-state index < -0.39 is 10.8 Å². The average molecular weight is 432 g/mol. The van der Waals surface area contributed by atoms with Crippen molar-refractivity contribution in [3.8, 4) is 22.8 Å². The lowest BCUT2D eigenvalue weighted by atomic mass is 10.1. The number of aryl methyl sites for hydroxylation is 1. The second-order valence-electron chi connectivity index (χ2n) is 7.02. The van der Waals surface area contributed by atoms with E-state index in [0.717, 1.165) is 28.3 Å². The van der Waals surface area contributed by atoms with Gasteiger partial charge in [0.2, 0.25) is 0 Å². The van der Waals surface area contributed by atoms with Crippen molar-refractivity contribution in [2.75, 3.05) is 19.5 Å². The number of carbonyl (C=O) groups excluding carboxylic acids is 1. The molecule has 32 heavy (non-hydrogen) atoms. The number of anilines is 1. The molecule has 0 unspecified atom stereocenters. The first-order valence-corrected chi connectivity index (χ1v) is 9.68. The minimum Gasteiger partial charge on any atom is -0.497 e. The topological polar surface area (TPSA) is 108 Å². The van der Waals surface area contributed by atoms with Gasteiger partial charge in [0.05, 0.1) is 30.5 Å². The average Bonchev–Trinajstić information content (AvgIpc) is 3.14. The molecule has 0 spiro atoms. The molecule has 0 bridgehead atoms. The summed E-state index contributed by atoms with van der Waals surface area (Å²) in [6, 6.07) is 15.2. The van der Waals surface area contributed by atoms with Gasteiger partial charge in [0.15, 0.2) is 5.75 Å². The molecule has 0 saturated carbocycles. The Kier molecular flexibility index (Phi) is 5.46. The molecule has 2 heterocycles. The summed E-state index contributed by atoms with van der Waals surface area (Å²) in [5, 5.41) is 14.0. The van der Waals surface area contributed by atoms with E-state index in [-0.39, 0.29) is 17.0 Å². The number of fused-ring (bicyclic) bond motifs is 1. The van der Waals surface area contributed by atoms with Crippen LogP contribution in [0.3, 0.4) is 0 Å². The molecule has 162 valence electrons. The molecule has 0 saturated heterocycles. The van der Waals surface area contributed by atoms with Crippen molar-refractivity contribution in [3.05, 3.63) is 82.2 Å². The maximum atomic E-state index is 12.7. The Morgan fingerprint density at radius 2 is 1.81 bits per heavy atom. The van der Waals surface area contributed by atoms with Gasteiger partial charge in [0.1, 0.15) is 11.4 Å². The van der Waals surface area contributed by atoms with Crippen molar-refractivity contribution in [1.82, 2.24) is 9.38 Å². The molecular formula is C23H20N4O5. The second kappa shape index (κ2) is 8.38. The van der Waals surface area contributed by atoms with Crippen LogP contribution in [0.5, 0.6) is 11.5 Å². The highest BCUT2D eigenvalue weighted by atomic mass is 16.6. The predicted molar refractivity (Wildman–Crippen MR) is 120 cm³/mol. The number of hydrogen-bond donors (Lipinski definition) is 1. The fourth-order valence-corrected chi connectivity index (χ4v) is 3.44. The zero-order valence-corrected chi connectivity index (χ0v) is 17.7. The van der Waals surface area contributed by atoms with E-state index in [0.29, 0.717) is 5.69 Å². The van der Waals surface area contributed by atoms with Gasteiger partial charge in [-0.1, -0.05) is 0 Å². The third-order valence-corrected chi connectivity index (χ3v) is 5.12. The van der Waals surface area contributed by atoms with Gasteiger partial charge in [-0.05, 0) is 55.5 Å². The smallest absolute Gasteiger partial charge is 0.311 e. The summed E-state index contributed by atoms with van der Waals surface area (Å²) in [7, 11) is 2.95. The Hall–Kier alpha value is -4.40. The molecular weight excluding hydrogens is 412 g/mol. The molecule has 4 rings (SSSR count). The minimum absolute atomic E-state index is 0.0908. The van der Waals surface area contributed by atoms with E-state index in [2.05, 4.69) is 10.3 Å². The van der Waals surface area contributed by atoms with Crippen LogP contribution >= 0.6 is 0 Å². The highest BCUT2D eigenvalue weighted by Gasteiger charge is 2.19. The van der Waals surface area contributed by atoms with Crippen LogP contribution in [0.15, 0.2) is 60.8 Å². The van der Waals surface area contributed by atoms with E-state index >= 15 is 0 Å². The van der Waals surface area contributed by atoms with Crippen LogP contribution in [-0.4, -0.2) is 34.4 Å². The monoisotopic (exact) mass is 432 g/mol. The number of benzene rings is 2. The number of rotatable bonds is 6. The van der Waals surface area contributed by atoms with Crippen molar-refractivity contribution >= 4 is 22.9 Å². The maximum Gasteiger partial charge on any atom is 0.311 e. The molecule has 2 aromatic carbocycles. The minimum atomic E-state index is -0.586. The second-order valence-corrected chi connectivity index (χ2v) is 7.02. The zero-order valence-electron chi connectivity index (χ0n) is 17.7. The molecule has 1 amide bonds. The standard InChI is InChI=1S/C23H20N4O5/c1-14-22(15-4-8-18(31-2)9-5-15)25-21-11-7-17(13-26(14)21)24-23(28)16-6-10-20(32-3)19(12-16)27(29)30/h4-13H,1-3H3,(H,24,28). The Morgan fingerprint density at radius 3 is 2.47 bits per heavy atom. The molecule has 0 aliphatic heterocycles. The molecule has 0 fully saturated rings. The van der Waals surface area contributed by atoms with E-state index in [4.69, 9.17) is 9.47 Å². The highest BCUT2D eigenvalue weighted by molar-refractivity contribution is 6.04. The number of ether oxygens (including phenoxy) is 2. The van der Waals surface area contributed by atoms with Crippen LogP contribution in [0, 0.1) is 17.0 Å². The molecule has 0 radical (unpaired) electrons. The molecule has 0 aliphatic carbocycles. The van der Waals surface area contributed by atoms with Crippen LogP contribution < -0.4 is 14.8 Å². The van der Waals surface area contributed by atoms with Crippen LogP contribution in [0.25, 0.3) is 16.9 Å². The number of hydrogen-bond acceptors (Lipinski definition) is 6. The lowest BCUT2D eigenvalue weighted by molar-refractivity contribution is -0.385. The van der Waals surface area contributed by atoms with Gasteiger partial charge >= 0.3 is 5.69 Å². The van der Waals surface area contributed by atoms with Gasteiger partial charge in [0.25, 0.3) is 5.91 Å². The number of methoxy groups -OCH3 is 2. The fourth-order valence-electron chi connectivity index (χ4n) is 3.44. The first-order chi connectivity index (χ1) is 15.4. The third-order valence-electron chi connectivity index (χ3n) is 5.12. The largest absolute Gasteiger partial charge is 0.497 e. The van der Waals surface area contributed by atoms with Crippen molar-refractivity contribution < 1.29 is 19.2 Å². The zero-order chi connectivity index (χ0) is 22.8. The Labute approximate surface area is 183 Å². The lowest BCUT2D eigenvalue weighted by Gasteiger charge is -2.08. The Balaban J connectivity index is 1.63. The number of nitrogens with one attached hydrogen (secondary N) is 1. The molecule has 9 nitrogen and oxygen atoms in total. The van der Waals surface area contributed by atoms with Crippen LogP contribution in [0.2, 0.25) is 0 Å². The van der Waals surface area contributed by atoms with E-state index in [1.807, 2.05) is 35.6 Å². The summed E-state index contributed by atoms with van der Waals surface area (Å²) in [5.74, 6) is 0.384. The van der Waals surface area contributed by atoms with Crippen LogP contribution in [0.1, 0.15) is 16.1 Å². The van der Waals surface area contributed by atoms with Crippen molar-refractivity contribution in [2.45, 2.75) is 6.92 Å². The fraction of sp³-hybridized carbons (Fsp3) is 0.130. The number of imidazole rings is 1. The van der Waals surface area contributed by atoms with Gasteiger partial charge in [-0.25, -0.2) is 4.98 Å². The SMILES string of the molecule is COc1ccc(-c2nc3ccc(NC(=O)c4ccc(OC)c([N+](=O)[O-])c4)cn3c2C)cc1. The van der Waals surface area contributed by atoms with E-state index in [1.165, 1.54) is 25.3 Å². The Bertz CT molecular complexity index is 1330. The predicted octanol–water partition coefficient (Wildman–Crippen LogP) is 4.49. The Morgan fingerprint density at radius 1 is 1.06 bits per heavy atom. The number of pyridine rings is 1. The summed E-state index contributed by atoms with van der Waals surface area (Å²) in [4.78, 5) is 28.0.